The Balaban J connectivity index is 1.86. The first-order valence-corrected chi connectivity index (χ1v) is 8.50. The molecule has 4 rings (SSSR count). The molecule has 0 aliphatic carbocycles. The van der Waals surface area contributed by atoms with E-state index >= 15 is 0 Å². The Hall–Kier alpha value is -2.89. The standard InChI is InChI=1S/C19H21N5O/c1-23-11-8-20-18(23)17-16(14-6-5-7-15(12-14)25-2)13-21-19(22-17)24-9-3-4-10-24/h5-8,11-13H,3-4,9-10H2,1-2H3. The SMILES string of the molecule is COc1cccc(-c2cnc(N3CCCC3)nc2-c2nccn2C)c1. The summed E-state index contributed by atoms with van der Waals surface area (Å²) in [5.41, 5.74) is 2.82. The van der Waals surface area contributed by atoms with Crippen LogP contribution in [0.3, 0.4) is 0 Å². The van der Waals surface area contributed by atoms with Gasteiger partial charge in [0.25, 0.3) is 0 Å². The molecule has 0 amide bonds. The van der Waals surface area contributed by atoms with E-state index in [1.165, 1.54) is 12.8 Å². The first kappa shape index (κ1) is 15.6. The number of hydrogen-bond donors (Lipinski definition) is 0. The molecule has 3 heterocycles. The molecule has 1 aliphatic heterocycles. The lowest BCUT2D eigenvalue weighted by Gasteiger charge is -2.17. The van der Waals surface area contributed by atoms with Crippen LogP contribution in [0.1, 0.15) is 12.8 Å². The van der Waals surface area contributed by atoms with Crippen LogP contribution in [0.5, 0.6) is 5.75 Å². The van der Waals surface area contributed by atoms with Crippen LogP contribution < -0.4 is 9.64 Å². The normalized spacial score (nSPS) is 14.1. The molecule has 6 nitrogen and oxygen atoms in total. The van der Waals surface area contributed by atoms with Crippen molar-refractivity contribution in [2.75, 3.05) is 25.1 Å². The number of rotatable bonds is 4. The van der Waals surface area contributed by atoms with E-state index in [4.69, 9.17) is 9.72 Å². The van der Waals surface area contributed by atoms with Gasteiger partial charge in [-0.15, -0.1) is 0 Å². The van der Waals surface area contributed by atoms with Gasteiger partial charge in [-0.2, -0.15) is 0 Å². The van der Waals surface area contributed by atoms with Crippen LogP contribution in [0.2, 0.25) is 0 Å². The van der Waals surface area contributed by atoms with Gasteiger partial charge >= 0.3 is 0 Å². The highest BCUT2D eigenvalue weighted by molar-refractivity contribution is 5.79. The minimum Gasteiger partial charge on any atom is -0.497 e. The van der Waals surface area contributed by atoms with E-state index in [1.807, 2.05) is 48.3 Å². The molecule has 128 valence electrons. The topological polar surface area (TPSA) is 56.1 Å². The van der Waals surface area contributed by atoms with Gasteiger partial charge in [0, 0.05) is 44.3 Å². The second-order valence-corrected chi connectivity index (χ2v) is 6.22. The van der Waals surface area contributed by atoms with Crippen LogP contribution in [0.15, 0.2) is 42.9 Å². The third kappa shape index (κ3) is 2.95. The molecule has 0 spiro atoms. The summed E-state index contributed by atoms with van der Waals surface area (Å²) in [6.07, 6.45) is 8.02. The van der Waals surface area contributed by atoms with Gasteiger partial charge in [0.2, 0.25) is 5.95 Å². The monoisotopic (exact) mass is 335 g/mol. The van der Waals surface area contributed by atoms with Crippen molar-refractivity contribution < 1.29 is 4.74 Å². The number of aryl methyl sites for hydroxylation is 1. The van der Waals surface area contributed by atoms with E-state index in [1.54, 1.807) is 13.3 Å². The fourth-order valence-electron chi connectivity index (χ4n) is 3.21. The number of anilines is 1. The van der Waals surface area contributed by atoms with Crippen molar-refractivity contribution in [3.05, 3.63) is 42.9 Å². The summed E-state index contributed by atoms with van der Waals surface area (Å²) in [6, 6.07) is 7.96. The maximum Gasteiger partial charge on any atom is 0.226 e. The third-order valence-electron chi connectivity index (χ3n) is 4.58. The molecule has 3 aromatic rings. The van der Waals surface area contributed by atoms with Gasteiger partial charge in [-0.25, -0.2) is 15.0 Å². The summed E-state index contributed by atoms with van der Waals surface area (Å²) in [6.45, 7) is 2.02. The first-order chi connectivity index (χ1) is 12.3. The smallest absolute Gasteiger partial charge is 0.226 e. The lowest BCUT2D eigenvalue weighted by Crippen LogP contribution is -2.20. The molecule has 25 heavy (non-hydrogen) atoms. The lowest BCUT2D eigenvalue weighted by atomic mass is 10.0. The lowest BCUT2D eigenvalue weighted by molar-refractivity contribution is 0.415. The summed E-state index contributed by atoms with van der Waals surface area (Å²) in [5, 5.41) is 0. The summed E-state index contributed by atoms with van der Waals surface area (Å²) in [5.74, 6) is 2.43. The number of methoxy groups -OCH3 is 1. The summed E-state index contributed by atoms with van der Waals surface area (Å²) in [4.78, 5) is 16.3. The Bertz CT molecular complexity index is 883. The molecule has 0 saturated carbocycles. The molecule has 1 aromatic carbocycles. The van der Waals surface area contributed by atoms with E-state index in [-0.39, 0.29) is 0 Å². The zero-order valence-electron chi connectivity index (χ0n) is 14.5. The molecule has 1 saturated heterocycles. The maximum absolute atomic E-state index is 5.37. The van der Waals surface area contributed by atoms with Gasteiger partial charge in [0.05, 0.1) is 7.11 Å². The molecule has 0 N–H and O–H groups in total. The average molecular weight is 335 g/mol. The van der Waals surface area contributed by atoms with Crippen molar-refractivity contribution in [1.82, 2.24) is 19.5 Å². The quantitative estimate of drug-likeness (QED) is 0.733. The van der Waals surface area contributed by atoms with E-state index < -0.39 is 0 Å². The molecular weight excluding hydrogens is 314 g/mol. The molecule has 1 aliphatic rings. The Morgan fingerprint density at radius 1 is 1.12 bits per heavy atom. The zero-order chi connectivity index (χ0) is 17.2. The Kier molecular flexibility index (Phi) is 4.09. The van der Waals surface area contributed by atoms with Gasteiger partial charge in [-0.1, -0.05) is 12.1 Å². The van der Waals surface area contributed by atoms with Crippen LogP contribution >= 0.6 is 0 Å². The average Bonchev–Trinajstić information content (AvgIpc) is 3.33. The van der Waals surface area contributed by atoms with Crippen molar-refractivity contribution in [1.29, 1.82) is 0 Å². The van der Waals surface area contributed by atoms with Gasteiger partial charge in [0.1, 0.15) is 11.4 Å². The Morgan fingerprint density at radius 3 is 2.68 bits per heavy atom. The summed E-state index contributed by atoms with van der Waals surface area (Å²) in [7, 11) is 3.65. The van der Waals surface area contributed by atoms with Crippen LogP contribution in [0, 0.1) is 0 Å². The van der Waals surface area contributed by atoms with Crippen molar-refractivity contribution in [2.45, 2.75) is 12.8 Å². The highest BCUT2D eigenvalue weighted by Crippen LogP contribution is 2.32. The number of aromatic nitrogens is 4. The minimum atomic E-state index is 0.780. The largest absolute Gasteiger partial charge is 0.497 e. The number of nitrogens with zero attached hydrogens (tertiary/aromatic N) is 5. The Morgan fingerprint density at radius 2 is 1.96 bits per heavy atom. The second-order valence-electron chi connectivity index (χ2n) is 6.22. The predicted molar refractivity (Wildman–Crippen MR) is 97.7 cm³/mol. The molecular formula is C19H21N5O. The fraction of sp³-hybridized carbons (Fsp3) is 0.316. The summed E-state index contributed by atoms with van der Waals surface area (Å²) >= 11 is 0. The number of benzene rings is 1. The molecule has 1 fully saturated rings. The molecule has 6 heteroatoms. The van der Waals surface area contributed by atoms with Crippen LogP contribution in [-0.2, 0) is 7.05 Å². The number of imidazole rings is 1. The van der Waals surface area contributed by atoms with E-state index in [9.17, 15) is 0 Å². The molecule has 0 atom stereocenters. The van der Waals surface area contributed by atoms with Crippen molar-refractivity contribution in [2.24, 2.45) is 7.05 Å². The maximum atomic E-state index is 5.37. The van der Waals surface area contributed by atoms with Gasteiger partial charge < -0.3 is 14.2 Å². The van der Waals surface area contributed by atoms with E-state index in [0.717, 1.165) is 47.4 Å². The van der Waals surface area contributed by atoms with Gasteiger partial charge in [-0.05, 0) is 30.5 Å². The van der Waals surface area contributed by atoms with Crippen LogP contribution in [-0.4, -0.2) is 39.7 Å². The van der Waals surface area contributed by atoms with Gasteiger partial charge in [0.15, 0.2) is 5.82 Å². The highest BCUT2D eigenvalue weighted by atomic mass is 16.5. The molecule has 0 unspecified atom stereocenters. The molecule has 0 bridgehead atoms. The second kappa shape index (κ2) is 6.55. The van der Waals surface area contributed by atoms with Gasteiger partial charge in [-0.3, -0.25) is 0 Å². The van der Waals surface area contributed by atoms with Crippen molar-refractivity contribution >= 4 is 5.95 Å². The van der Waals surface area contributed by atoms with Crippen LogP contribution in [0.4, 0.5) is 5.95 Å². The molecule has 0 radical (unpaired) electrons. The first-order valence-electron chi connectivity index (χ1n) is 8.50. The fourth-order valence-corrected chi connectivity index (χ4v) is 3.21. The highest BCUT2D eigenvalue weighted by Gasteiger charge is 2.20. The number of hydrogen-bond acceptors (Lipinski definition) is 5. The van der Waals surface area contributed by atoms with E-state index in [0.29, 0.717) is 0 Å². The third-order valence-corrected chi connectivity index (χ3v) is 4.58. The van der Waals surface area contributed by atoms with Crippen molar-refractivity contribution in [3.8, 4) is 28.4 Å². The molecule has 2 aromatic heterocycles. The zero-order valence-corrected chi connectivity index (χ0v) is 14.5. The van der Waals surface area contributed by atoms with Crippen LogP contribution in [0.25, 0.3) is 22.6 Å². The minimum absolute atomic E-state index is 0.780. The number of ether oxygens (including phenoxy) is 1. The predicted octanol–water partition coefficient (Wildman–Crippen LogP) is 3.15. The van der Waals surface area contributed by atoms with E-state index in [2.05, 4.69) is 14.9 Å². The summed E-state index contributed by atoms with van der Waals surface area (Å²) < 4.78 is 7.35. The van der Waals surface area contributed by atoms with Crippen molar-refractivity contribution in [3.63, 3.8) is 0 Å². The Labute approximate surface area is 147 Å².